The van der Waals surface area contributed by atoms with Gasteiger partial charge in [-0.1, -0.05) is 13.8 Å². The lowest BCUT2D eigenvalue weighted by Gasteiger charge is -2.35. The van der Waals surface area contributed by atoms with Crippen LogP contribution in [-0.2, 0) is 0 Å². The molecule has 1 saturated carbocycles. The number of halogens is 2. The zero-order valence-electron chi connectivity index (χ0n) is 10.4. The highest BCUT2D eigenvalue weighted by molar-refractivity contribution is 5.44. The van der Waals surface area contributed by atoms with Gasteiger partial charge < -0.3 is 5.32 Å². The van der Waals surface area contributed by atoms with Crippen LogP contribution in [0.4, 0.5) is 14.5 Å². The van der Waals surface area contributed by atoms with Gasteiger partial charge in [0.05, 0.1) is 0 Å². The van der Waals surface area contributed by atoms with E-state index in [4.69, 9.17) is 0 Å². The number of hydrogen-bond donors (Lipinski definition) is 1. The second kappa shape index (κ2) is 4.63. The Morgan fingerprint density at radius 3 is 2.35 bits per heavy atom. The summed E-state index contributed by atoms with van der Waals surface area (Å²) in [6.45, 7) is 4.56. The SMILES string of the molecule is CC1(C)CCC(Nc2ccc(F)c(F)c2)CC1. The minimum atomic E-state index is -0.791. The lowest BCUT2D eigenvalue weighted by atomic mass is 9.75. The molecule has 0 atom stereocenters. The summed E-state index contributed by atoms with van der Waals surface area (Å²) in [5, 5.41) is 3.28. The van der Waals surface area contributed by atoms with Crippen LogP contribution in [0.3, 0.4) is 0 Å². The number of hydrogen-bond acceptors (Lipinski definition) is 1. The molecule has 0 unspecified atom stereocenters. The molecule has 0 aromatic heterocycles. The Labute approximate surface area is 101 Å². The Morgan fingerprint density at radius 1 is 1.12 bits per heavy atom. The average molecular weight is 239 g/mol. The highest BCUT2D eigenvalue weighted by Crippen LogP contribution is 2.36. The van der Waals surface area contributed by atoms with Crippen molar-refractivity contribution in [1.82, 2.24) is 0 Å². The number of anilines is 1. The third kappa shape index (κ3) is 3.18. The summed E-state index contributed by atoms with van der Waals surface area (Å²) in [7, 11) is 0. The van der Waals surface area contributed by atoms with Gasteiger partial charge in [0, 0.05) is 17.8 Å². The van der Waals surface area contributed by atoms with Crippen molar-refractivity contribution >= 4 is 5.69 Å². The van der Waals surface area contributed by atoms with Crippen molar-refractivity contribution in [2.75, 3.05) is 5.32 Å². The zero-order valence-corrected chi connectivity index (χ0v) is 10.4. The molecule has 0 aliphatic heterocycles. The quantitative estimate of drug-likeness (QED) is 0.809. The van der Waals surface area contributed by atoms with Gasteiger partial charge in [-0.3, -0.25) is 0 Å². The van der Waals surface area contributed by atoms with E-state index in [2.05, 4.69) is 19.2 Å². The maximum atomic E-state index is 13.0. The van der Waals surface area contributed by atoms with Crippen molar-refractivity contribution in [3.63, 3.8) is 0 Å². The third-order valence-corrected chi connectivity index (χ3v) is 3.63. The number of nitrogens with one attached hydrogen (secondary N) is 1. The molecule has 0 radical (unpaired) electrons. The molecule has 1 aliphatic carbocycles. The Bertz CT molecular complexity index is 391. The summed E-state index contributed by atoms with van der Waals surface area (Å²) in [5.74, 6) is -1.58. The van der Waals surface area contributed by atoms with Crippen LogP contribution < -0.4 is 5.32 Å². The fourth-order valence-corrected chi connectivity index (χ4v) is 2.37. The summed E-state index contributed by atoms with van der Waals surface area (Å²) in [6.07, 6.45) is 4.53. The fourth-order valence-electron chi connectivity index (χ4n) is 2.37. The summed E-state index contributed by atoms with van der Waals surface area (Å²) >= 11 is 0. The molecule has 0 bridgehead atoms. The monoisotopic (exact) mass is 239 g/mol. The third-order valence-electron chi connectivity index (χ3n) is 3.63. The smallest absolute Gasteiger partial charge is 0.160 e. The molecule has 94 valence electrons. The summed E-state index contributed by atoms with van der Waals surface area (Å²) in [4.78, 5) is 0. The minimum Gasteiger partial charge on any atom is -0.382 e. The molecule has 1 fully saturated rings. The molecular weight excluding hydrogens is 220 g/mol. The average Bonchev–Trinajstić information content (AvgIpc) is 2.27. The second-order valence-electron chi connectivity index (χ2n) is 5.71. The van der Waals surface area contributed by atoms with E-state index >= 15 is 0 Å². The minimum absolute atomic E-state index is 0.382. The van der Waals surface area contributed by atoms with Crippen molar-refractivity contribution < 1.29 is 8.78 Å². The summed E-state index contributed by atoms with van der Waals surface area (Å²) in [6, 6.07) is 4.38. The van der Waals surface area contributed by atoms with Crippen LogP contribution in [0.15, 0.2) is 18.2 Å². The Hall–Kier alpha value is -1.12. The van der Waals surface area contributed by atoms with Crippen LogP contribution in [0.1, 0.15) is 39.5 Å². The van der Waals surface area contributed by atoms with Gasteiger partial charge in [0.2, 0.25) is 0 Å². The van der Waals surface area contributed by atoms with Gasteiger partial charge in [-0.15, -0.1) is 0 Å². The predicted octanol–water partition coefficient (Wildman–Crippen LogP) is 4.35. The first-order valence-corrected chi connectivity index (χ1v) is 6.18. The van der Waals surface area contributed by atoms with Crippen LogP contribution >= 0.6 is 0 Å². The standard InChI is InChI=1S/C14H19F2N/c1-14(2)7-5-10(6-8-14)17-11-3-4-12(15)13(16)9-11/h3-4,9-10,17H,5-8H2,1-2H3. The van der Waals surface area contributed by atoms with E-state index in [1.807, 2.05) is 0 Å². The highest BCUT2D eigenvalue weighted by Gasteiger charge is 2.26. The first kappa shape index (κ1) is 12.3. The molecule has 0 amide bonds. The largest absolute Gasteiger partial charge is 0.382 e. The van der Waals surface area contributed by atoms with Gasteiger partial charge in [0.1, 0.15) is 0 Å². The van der Waals surface area contributed by atoms with Crippen LogP contribution in [0.2, 0.25) is 0 Å². The topological polar surface area (TPSA) is 12.0 Å². The van der Waals surface area contributed by atoms with Crippen LogP contribution in [0.25, 0.3) is 0 Å². The Kier molecular flexibility index (Phi) is 3.36. The molecule has 1 nitrogen and oxygen atoms in total. The molecule has 0 spiro atoms. The first-order valence-electron chi connectivity index (χ1n) is 6.18. The maximum absolute atomic E-state index is 13.0. The van der Waals surface area contributed by atoms with Crippen LogP contribution in [-0.4, -0.2) is 6.04 Å². The Morgan fingerprint density at radius 2 is 1.76 bits per heavy atom. The molecule has 1 aromatic carbocycles. The molecule has 1 aromatic rings. The molecule has 1 N–H and O–H groups in total. The summed E-state index contributed by atoms with van der Waals surface area (Å²) < 4.78 is 25.8. The molecular formula is C14H19F2N. The Balaban J connectivity index is 1.95. The molecule has 0 heterocycles. The lowest BCUT2D eigenvalue weighted by molar-refractivity contribution is 0.232. The van der Waals surface area contributed by atoms with Crippen LogP contribution in [0.5, 0.6) is 0 Å². The zero-order chi connectivity index (χ0) is 12.5. The van der Waals surface area contributed by atoms with Crippen molar-refractivity contribution in [1.29, 1.82) is 0 Å². The van der Waals surface area contributed by atoms with E-state index in [0.717, 1.165) is 12.8 Å². The van der Waals surface area contributed by atoms with E-state index in [9.17, 15) is 8.78 Å². The van der Waals surface area contributed by atoms with E-state index in [-0.39, 0.29) is 0 Å². The van der Waals surface area contributed by atoms with Gasteiger partial charge in [-0.2, -0.15) is 0 Å². The fraction of sp³-hybridized carbons (Fsp3) is 0.571. The second-order valence-corrected chi connectivity index (χ2v) is 5.71. The van der Waals surface area contributed by atoms with Crippen molar-refractivity contribution in [3.05, 3.63) is 29.8 Å². The van der Waals surface area contributed by atoms with Gasteiger partial charge >= 0.3 is 0 Å². The van der Waals surface area contributed by atoms with Crippen molar-refractivity contribution in [2.24, 2.45) is 5.41 Å². The summed E-state index contributed by atoms with van der Waals surface area (Å²) in [5.41, 5.74) is 1.10. The highest BCUT2D eigenvalue weighted by atomic mass is 19.2. The normalized spacial score (nSPS) is 20.2. The number of rotatable bonds is 2. The molecule has 3 heteroatoms. The van der Waals surface area contributed by atoms with Gasteiger partial charge in [-0.25, -0.2) is 8.78 Å². The predicted molar refractivity (Wildman–Crippen MR) is 66.0 cm³/mol. The van der Waals surface area contributed by atoms with Gasteiger partial charge in [0.25, 0.3) is 0 Å². The van der Waals surface area contributed by atoms with E-state index in [0.29, 0.717) is 17.1 Å². The van der Waals surface area contributed by atoms with E-state index in [1.165, 1.54) is 25.0 Å². The molecule has 2 rings (SSSR count). The van der Waals surface area contributed by atoms with Crippen molar-refractivity contribution in [3.8, 4) is 0 Å². The van der Waals surface area contributed by atoms with Gasteiger partial charge in [-0.05, 0) is 43.2 Å². The molecule has 0 saturated heterocycles. The van der Waals surface area contributed by atoms with E-state index < -0.39 is 11.6 Å². The number of benzene rings is 1. The first-order chi connectivity index (χ1) is 7.96. The van der Waals surface area contributed by atoms with Crippen molar-refractivity contribution in [2.45, 2.75) is 45.6 Å². The molecule has 1 aliphatic rings. The van der Waals surface area contributed by atoms with Crippen LogP contribution in [0, 0.1) is 17.0 Å². The maximum Gasteiger partial charge on any atom is 0.160 e. The molecule has 17 heavy (non-hydrogen) atoms. The van der Waals surface area contributed by atoms with Gasteiger partial charge in [0.15, 0.2) is 11.6 Å². The van der Waals surface area contributed by atoms with E-state index in [1.54, 1.807) is 6.07 Å². The lowest BCUT2D eigenvalue weighted by Crippen LogP contribution is -2.29.